The standard InChI is InChI=1S/C10H16N2/c1-8-4-5-12-9(6-8)7-10(2,3)11/h4-6H,7,11H2,1-3H3. The Hall–Kier alpha value is -0.890. The van der Waals surface area contributed by atoms with Crippen LogP contribution in [0.1, 0.15) is 25.1 Å². The average Bonchev–Trinajstić information content (AvgIpc) is 1.82. The lowest BCUT2D eigenvalue weighted by Crippen LogP contribution is -2.34. The minimum absolute atomic E-state index is 0.166. The first kappa shape index (κ1) is 9.20. The van der Waals surface area contributed by atoms with E-state index in [2.05, 4.69) is 18.0 Å². The van der Waals surface area contributed by atoms with E-state index in [1.807, 2.05) is 26.1 Å². The zero-order valence-electron chi connectivity index (χ0n) is 7.96. The van der Waals surface area contributed by atoms with Crippen LogP contribution in [0.25, 0.3) is 0 Å². The fraction of sp³-hybridized carbons (Fsp3) is 0.500. The van der Waals surface area contributed by atoms with Crippen LogP contribution in [-0.2, 0) is 6.42 Å². The van der Waals surface area contributed by atoms with Gasteiger partial charge < -0.3 is 5.73 Å². The Morgan fingerprint density at radius 2 is 2.17 bits per heavy atom. The normalized spacial score (nSPS) is 11.7. The molecule has 0 aromatic carbocycles. The van der Waals surface area contributed by atoms with E-state index in [0.717, 1.165) is 12.1 Å². The van der Waals surface area contributed by atoms with Crippen molar-refractivity contribution < 1.29 is 0 Å². The van der Waals surface area contributed by atoms with Crippen LogP contribution in [0.3, 0.4) is 0 Å². The van der Waals surface area contributed by atoms with Crippen molar-refractivity contribution in [1.82, 2.24) is 4.98 Å². The summed E-state index contributed by atoms with van der Waals surface area (Å²) >= 11 is 0. The van der Waals surface area contributed by atoms with Crippen LogP contribution < -0.4 is 5.73 Å². The first-order valence-electron chi connectivity index (χ1n) is 4.18. The molecule has 0 atom stereocenters. The molecule has 1 rings (SSSR count). The van der Waals surface area contributed by atoms with Gasteiger partial charge in [-0.1, -0.05) is 0 Å². The van der Waals surface area contributed by atoms with E-state index >= 15 is 0 Å². The van der Waals surface area contributed by atoms with Gasteiger partial charge >= 0.3 is 0 Å². The molecule has 66 valence electrons. The van der Waals surface area contributed by atoms with E-state index in [-0.39, 0.29) is 5.54 Å². The fourth-order valence-corrected chi connectivity index (χ4v) is 1.16. The van der Waals surface area contributed by atoms with Gasteiger partial charge in [0.05, 0.1) is 0 Å². The van der Waals surface area contributed by atoms with Crippen molar-refractivity contribution in [3.05, 3.63) is 29.6 Å². The highest BCUT2D eigenvalue weighted by molar-refractivity contribution is 5.15. The molecule has 1 heterocycles. The molecule has 0 spiro atoms. The summed E-state index contributed by atoms with van der Waals surface area (Å²) in [5.41, 5.74) is 8.02. The van der Waals surface area contributed by atoms with Gasteiger partial charge in [-0.05, 0) is 38.5 Å². The van der Waals surface area contributed by atoms with Crippen molar-refractivity contribution in [2.45, 2.75) is 32.7 Å². The summed E-state index contributed by atoms with van der Waals surface area (Å²) in [5, 5.41) is 0. The zero-order valence-corrected chi connectivity index (χ0v) is 7.96. The van der Waals surface area contributed by atoms with Crippen molar-refractivity contribution in [3.8, 4) is 0 Å². The van der Waals surface area contributed by atoms with Crippen molar-refractivity contribution in [2.75, 3.05) is 0 Å². The van der Waals surface area contributed by atoms with Gasteiger partial charge in [0.25, 0.3) is 0 Å². The van der Waals surface area contributed by atoms with E-state index < -0.39 is 0 Å². The van der Waals surface area contributed by atoms with Crippen LogP contribution in [0.2, 0.25) is 0 Å². The molecular weight excluding hydrogens is 148 g/mol. The second-order valence-corrected chi connectivity index (χ2v) is 3.99. The molecule has 0 fully saturated rings. The number of rotatable bonds is 2. The van der Waals surface area contributed by atoms with Crippen LogP contribution in [-0.4, -0.2) is 10.5 Å². The number of hydrogen-bond donors (Lipinski definition) is 1. The summed E-state index contributed by atoms with van der Waals surface area (Å²) in [6.45, 7) is 6.09. The maximum absolute atomic E-state index is 5.88. The maximum Gasteiger partial charge on any atom is 0.0424 e. The largest absolute Gasteiger partial charge is 0.325 e. The number of pyridine rings is 1. The Morgan fingerprint density at radius 1 is 1.50 bits per heavy atom. The molecule has 12 heavy (non-hydrogen) atoms. The van der Waals surface area contributed by atoms with Crippen LogP contribution in [0.4, 0.5) is 0 Å². The zero-order chi connectivity index (χ0) is 9.19. The predicted molar refractivity (Wildman–Crippen MR) is 50.9 cm³/mol. The second-order valence-electron chi connectivity index (χ2n) is 3.99. The molecule has 0 unspecified atom stereocenters. The van der Waals surface area contributed by atoms with Crippen LogP contribution in [0, 0.1) is 6.92 Å². The van der Waals surface area contributed by atoms with E-state index in [0.29, 0.717) is 0 Å². The van der Waals surface area contributed by atoms with Crippen molar-refractivity contribution >= 4 is 0 Å². The monoisotopic (exact) mass is 164 g/mol. The molecule has 1 aromatic rings. The topological polar surface area (TPSA) is 38.9 Å². The molecule has 0 aliphatic rings. The van der Waals surface area contributed by atoms with Crippen molar-refractivity contribution in [2.24, 2.45) is 5.73 Å². The number of aryl methyl sites for hydroxylation is 1. The Labute approximate surface area is 73.8 Å². The van der Waals surface area contributed by atoms with Gasteiger partial charge in [-0.25, -0.2) is 0 Å². The molecule has 0 aliphatic carbocycles. The van der Waals surface area contributed by atoms with Gasteiger partial charge in [-0.2, -0.15) is 0 Å². The molecule has 0 amide bonds. The van der Waals surface area contributed by atoms with Crippen LogP contribution >= 0.6 is 0 Å². The maximum atomic E-state index is 5.88. The van der Waals surface area contributed by atoms with E-state index in [4.69, 9.17) is 5.73 Å². The smallest absolute Gasteiger partial charge is 0.0424 e. The number of nitrogens with zero attached hydrogens (tertiary/aromatic N) is 1. The molecule has 2 heteroatoms. The minimum atomic E-state index is -0.166. The molecule has 0 saturated heterocycles. The number of hydrogen-bond acceptors (Lipinski definition) is 2. The Bertz CT molecular complexity index is 261. The molecular formula is C10H16N2. The second kappa shape index (κ2) is 3.23. The van der Waals surface area contributed by atoms with Gasteiger partial charge in [0.2, 0.25) is 0 Å². The Morgan fingerprint density at radius 3 is 2.67 bits per heavy atom. The first-order valence-corrected chi connectivity index (χ1v) is 4.18. The highest BCUT2D eigenvalue weighted by Crippen LogP contribution is 2.08. The molecule has 0 aliphatic heterocycles. The first-order chi connectivity index (χ1) is 5.47. The predicted octanol–water partition coefficient (Wildman–Crippen LogP) is 1.67. The summed E-state index contributed by atoms with van der Waals surface area (Å²) in [6.07, 6.45) is 2.66. The Balaban J connectivity index is 2.77. The number of aromatic nitrogens is 1. The van der Waals surface area contributed by atoms with E-state index in [1.165, 1.54) is 5.56 Å². The molecule has 2 nitrogen and oxygen atoms in total. The lowest BCUT2D eigenvalue weighted by molar-refractivity contribution is 0.510. The third kappa shape index (κ3) is 3.01. The third-order valence-corrected chi connectivity index (χ3v) is 1.61. The molecule has 0 bridgehead atoms. The number of nitrogens with two attached hydrogens (primary N) is 1. The SMILES string of the molecule is Cc1ccnc(CC(C)(C)N)c1. The van der Waals surface area contributed by atoms with E-state index in [9.17, 15) is 0 Å². The molecule has 0 saturated carbocycles. The Kier molecular flexibility index (Phi) is 2.48. The lowest BCUT2D eigenvalue weighted by Gasteiger charge is -2.17. The summed E-state index contributed by atoms with van der Waals surface area (Å²) in [5.74, 6) is 0. The lowest BCUT2D eigenvalue weighted by atomic mass is 9.99. The highest BCUT2D eigenvalue weighted by atomic mass is 14.7. The third-order valence-electron chi connectivity index (χ3n) is 1.61. The van der Waals surface area contributed by atoms with Gasteiger partial charge in [-0.3, -0.25) is 4.98 Å². The average molecular weight is 164 g/mol. The van der Waals surface area contributed by atoms with Gasteiger partial charge in [-0.15, -0.1) is 0 Å². The molecule has 1 aromatic heterocycles. The molecule has 0 radical (unpaired) electrons. The van der Waals surface area contributed by atoms with Gasteiger partial charge in [0, 0.05) is 23.9 Å². The van der Waals surface area contributed by atoms with Gasteiger partial charge in [0.15, 0.2) is 0 Å². The molecule has 2 N–H and O–H groups in total. The quantitative estimate of drug-likeness (QED) is 0.722. The van der Waals surface area contributed by atoms with Gasteiger partial charge in [0.1, 0.15) is 0 Å². The highest BCUT2D eigenvalue weighted by Gasteiger charge is 2.11. The summed E-state index contributed by atoms with van der Waals surface area (Å²) < 4.78 is 0. The van der Waals surface area contributed by atoms with E-state index in [1.54, 1.807) is 0 Å². The van der Waals surface area contributed by atoms with Crippen molar-refractivity contribution in [3.63, 3.8) is 0 Å². The fourth-order valence-electron chi connectivity index (χ4n) is 1.16. The summed E-state index contributed by atoms with van der Waals surface area (Å²) in [7, 11) is 0. The van der Waals surface area contributed by atoms with Crippen molar-refractivity contribution in [1.29, 1.82) is 0 Å². The summed E-state index contributed by atoms with van der Waals surface area (Å²) in [4.78, 5) is 4.24. The minimum Gasteiger partial charge on any atom is -0.325 e. The summed E-state index contributed by atoms with van der Waals surface area (Å²) in [6, 6.07) is 4.07. The van der Waals surface area contributed by atoms with Crippen LogP contribution in [0.15, 0.2) is 18.3 Å². The van der Waals surface area contributed by atoms with Crippen LogP contribution in [0.5, 0.6) is 0 Å².